The van der Waals surface area contributed by atoms with E-state index >= 15 is 0 Å². The predicted octanol–water partition coefficient (Wildman–Crippen LogP) is 2.95. The van der Waals surface area contributed by atoms with Crippen LogP contribution in [0.3, 0.4) is 0 Å². The summed E-state index contributed by atoms with van der Waals surface area (Å²) in [6, 6.07) is 15.7. The summed E-state index contributed by atoms with van der Waals surface area (Å²) in [7, 11) is 0. The van der Waals surface area contributed by atoms with E-state index in [0.29, 0.717) is 18.5 Å². The summed E-state index contributed by atoms with van der Waals surface area (Å²) in [5, 5.41) is 7.88. The van der Waals surface area contributed by atoms with Crippen LogP contribution in [0.15, 0.2) is 54.6 Å². The SMILES string of the molecule is O=Cc1nnn(Cc2cccc(F)c2)c1-c1ccccc1. The molecule has 3 rings (SSSR count). The summed E-state index contributed by atoms with van der Waals surface area (Å²) in [5.41, 5.74) is 2.52. The van der Waals surface area contributed by atoms with Crippen LogP contribution >= 0.6 is 0 Å². The lowest BCUT2D eigenvalue weighted by atomic mass is 10.1. The molecule has 4 nitrogen and oxygen atoms in total. The van der Waals surface area contributed by atoms with Crippen LogP contribution in [-0.2, 0) is 6.54 Å². The van der Waals surface area contributed by atoms with Crippen LogP contribution in [-0.4, -0.2) is 21.3 Å². The van der Waals surface area contributed by atoms with Gasteiger partial charge in [-0.15, -0.1) is 5.10 Å². The van der Waals surface area contributed by atoms with Gasteiger partial charge in [0.15, 0.2) is 12.0 Å². The highest BCUT2D eigenvalue weighted by Gasteiger charge is 2.14. The Morgan fingerprint density at radius 2 is 1.90 bits per heavy atom. The number of aromatic nitrogens is 3. The van der Waals surface area contributed by atoms with Gasteiger partial charge in [-0.25, -0.2) is 9.07 Å². The normalized spacial score (nSPS) is 10.5. The number of aldehydes is 1. The summed E-state index contributed by atoms with van der Waals surface area (Å²) in [4.78, 5) is 11.1. The lowest BCUT2D eigenvalue weighted by Gasteiger charge is -2.07. The molecular formula is C16H12FN3O. The number of carbonyl (C=O) groups is 1. The Labute approximate surface area is 120 Å². The number of halogens is 1. The van der Waals surface area contributed by atoms with Crippen LogP contribution in [0.1, 0.15) is 16.1 Å². The third-order valence-electron chi connectivity index (χ3n) is 3.14. The fraction of sp³-hybridized carbons (Fsp3) is 0.0625. The maximum atomic E-state index is 13.3. The Hall–Kier alpha value is -2.82. The first-order valence-electron chi connectivity index (χ1n) is 6.46. The number of benzene rings is 2. The molecule has 1 aromatic heterocycles. The van der Waals surface area contributed by atoms with Crippen molar-refractivity contribution in [2.75, 3.05) is 0 Å². The summed E-state index contributed by atoms with van der Waals surface area (Å²) in [6.07, 6.45) is 0.678. The molecule has 3 aromatic rings. The molecule has 0 unspecified atom stereocenters. The Balaban J connectivity index is 2.04. The first kappa shape index (κ1) is 13.2. The quantitative estimate of drug-likeness (QED) is 0.691. The van der Waals surface area contributed by atoms with Crippen LogP contribution in [0.2, 0.25) is 0 Å². The van der Waals surface area contributed by atoms with Crippen LogP contribution in [0.4, 0.5) is 4.39 Å². The summed E-state index contributed by atoms with van der Waals surface area (Å²) in [6.45, 7) is 0.350. The monoisotopic (exact) mass is 281 g/mol. The zero-order chi connectivity index (χ0) is 14.7. The van der Waals surface area contributed by atoms with Gasteiger partial charge in [-0.3, -0.25) is 4.79 Å². The largest absolute Gasteiger partial charge is 0.296 e. The van der Waals surface area contributed by atoms with E-state index in [-0.39, 0.29) is 11.5 Å². The lowest BCUT2D eigenvalue weighted by molar-refractivity contribution is 0.111. The molecule has 0 atom stereocenters. The molecule has 5 heteroatoms. The molecule has 104 valence electrons. The first-order chi connectivity index (χ1) is 10.3. The van der Waals surface area contributed by atoms with Crippen molar-refractivity contribution in [1.29, 1.82) is 0 Å². The minimum atomic E-state index is -0.301. The molecule has 0 radical (unpaired) electrons. The van der Waals surface area contributed by atoms with Crippen molar-refractivity contribution in [2.45, 2.75) is 6.54 Å². The van der Waals surface area contributed by atoms with E-state index in [9.17, 15) is 9.18 Å². The fourth-order valence-electron chi connectivity index (χ4n) is 2.22. The summed E-state index contributed by atoms with van der Waals surface area (Å²) in [5.74, 6) is -0.301. The molecule has 0 saturated heterocycles. The van der Waals surface area contributed by atoms with Gasteiger partial charge in [-0.05, 0) is 17.7 Å². The standard InChI is InChI=1S/C16H12FN3O/c17-14-8-4-5-12(9-14)10-20-16(15(11-21)18-19-20)13-6-2-1-3-7-13/h1-9,11H,10H2. The average molecular weight is 281 g/mol. The van der Waals surface area contributed by atoms with Gasteiger partial charge in [-0.2, -0.15) is 0 Å². The van der Waals surface area contributed by atoms with E-state index in [4.69, 9.17) is 0 Å². The molecule has 0 spiro atoms. The van der Waals surface area contributed by atoms with Crippen molar-refractivity contribution in [3.8, 4) is 11.3 Å². The molecule has 0 saturated carbocycles. The third kappa shape index (κ3) is 2.72. The second-order valence-electron chi connectivity index (χ2n) is 4.59. The molecule has 2 aromatic carbocycles. The molecule has 0 fully saturated rings. The van der Waals surface area contributed by atoms with Gasteiger partial charge in [0.25, 0.3) is 0 Å². The van der Waals surface area contributed by atoms with Crippen LogP contribution in [0.25, 0.3) is 11.3 Å². The van der Waals surface area contributed by atoms with E-state index in [1.165, 1.54) is 12.1 Å². The van der Waals surface area contributed by atoms with E-state index in [1.54, 1.807) is 16.8 Å². The molecule has 0 aliphatic carbocycles. The van der Waals surface area contributed by atoms with Crippen molar-refractivity contribution in [2.24, 2.45) is 0 Å². The molecule has 0 aliphatic heterocycles. The Kier molecular flexibility index (Phi) is 3.55. The van der Waals surface area contributed by atoms with Crippen LogP contribution < -0.4 is 0 Å². The number of carbonyl (C=O) groups excluding carboxylic acids is 1. The highest BCUT2D eigenvalue weighted by molar-refractivity contribution is 5.83. The summed E-state index contributed by atoms with van der Waals surface area (Å²) >= 11 is 0. The van der Waals surface area contributed by atoms with Crippen molar-refractivity contribution in [1.82, 2.24) is 15.0 Å². The molecule has 0 aliphatic rings. The van der Waals surface area contributed by atoms with Crippen molar-refractivity contribution < 1.29 is 9.18 Å². The minimum absolute atomic E-state index is 0.276. The predicted molar refractivity (Wildman–Crippen MR) is 76.3 cm³/mol. The van der Waals surface area contributed by atoms with Gasteiger partial charge in [-0.1, -0.05) is 47.7 Å². The first-order valence-corrected chi connectivity index (χ1v) is 6.46. The van der Waals surface area contributed by atoms with E-state index in [1.807, 2.05) is 30.3 Å². The number of rotatable bonds is 4. The van der Waals surface area contributed by atoms with Crippen molar-refractivity contribution in [3.05, 3.63) is 71.7 Å². The lowest BCUT2D eigenvalue weighted by Crippen LogP contribution is -2.04. The smallest absolute Gasteiger partial charge is 0.172 e. The van der Waals surface area contributed by atoms with Crippen molar-refractivity contribution >= 4 is 6.29 Å². The molecule has 21 heavy (non-hydrogen) atoms. The second-order valence-corrected chi connectivity index (χ2v) is 4.59. The number of nitrogens with zero attached hydrogens (tertiary/aromatic N) is 3. The molecule has 0 amide bonds. The topological polar surface area (TPSA) is 47.8 Å². The molecular weight excluding hydrogens is 269 g/mol. The second kappa shape index (κ2) is 5.66. The maximum absolute atomic E-state index is 13.3. The van der Waals surface area contributed by atoms with Gasteiger partial charge in [0, 0.05) is 5.56 Å². The van der Waals surface area contributed by atoms with E-state index in [2.05, 4.69) is 10.3 Å². The van der Waals surface area contributed by atoms with Crippen LogP contribution in [0.5, 0.6) is 0 Å². The maximum Gasteiger partial charge on any atom is 0.172 e. The highest BCUT2D eigenvalue weighted by Crippen LogP contribution is 2.22. The molecule has 0 N–H and O–H groups in total. The third-order valence-corrected chi connectivity index (χ3v) is 3.14. The molecule has 0 bridgehead atoms. The highest BCUT2D eigenvalue weighted by atomic mass is 19.1. The average Bonchev–Trinajstić information content (AvgIpc) is 2.91. The Bertz CT molecular complexity index is 768. The number of hydrogen-bond acceptors (Lipinski definition) is 3. The number of hydrogen-bond donors (Lipinski definition) is 0. The van der Waals surface area contributed by atoms with E-state index in [0.717, 1.165) is 11.1 Å². The van der Waals surface area contributed by atoms with E-state index < -0.39 is 0 Å². The minimum Gasteiger partial charge on any atom is -0.296 e. The Morgan fingerprint density at radius 1 is 1.10 bits per heavy atom. The van der Waals surface area contributed by atoms with Gasteiger partial charge in [0.1, 0.15) is 5.82 Å². The summed E-state index contributed by atoms with van der Waals surface area (Å²) < 4.78 is 14.9. The van der Waals surface area contributed by atoms with Crippen LogP contribution in [0, 0.1) is 5.82 Å². The van der Waals surface area contributed by atoms with Crippen molar-refractivity contribution in [3.63, 3.8) is 0 Å². The fourth-order valence-corrected chi connectivity index (χ4v) is 2.22. The van der Waals surface area contributed by atoms with Gasteiger partial charge < -0.3 is 0 Å². The zero-order valence-corrected chi connectivity index (χ0v) is 11.1. The van der Waals surface area contributed by atoms with Gasteiger partial charge in [0.2, 0.25) is 0 Å². The zero-order valence-electron chi connectivity index (χ0n) is 11.1. The van der Waals surface area contributed by atoms with Gasteiger partial charge >= 0.3 is 0 Å². The van der Waals surface area contributed by atoms with Gasteiger partial charge in [0.05, 0.1) is 12.2 Å². The molecule has 1 heterocycles. The Morgan fingerprint density at radius 3 is 2.62 bits per heavy atom.